The highest BCUT2D eigenvalue weighted by molar-refractivity contribution is 5.08. The van der Waals surface area contributed by atoms with Gasteiger partial charge in [-0.25, -0.2) is 9.97 Å². The Morgan fingerprint density at radius 3 is 2.13 bits per heavy atom. The van der Waals surface area contributed by atoms with E-state index in [-0.39, 0.29) is 0 Å². The van der Waals surface area contributed by atoms with E-state index in [1.807, 2.05) is 0 Å². The molecule has 0 N–H and O–H groups in total. The molecular formula is C21H36N2. The fraction of sp³-hybridized carbons (Fsp3) is 0.810. The van der Waals surface area contributed by atoms with Gasteiger partial charge in [-0.3, -0.25) is 0 Å². The standard InChI is InChI=1S/C21H36N2/c1-3-5-7-9-10-18-12-14-20(15-13-18)21-22-16-19(17-23-21)11-8-6-4-2/h16-18,20H,3-15H2,1-2H3/t18-,20-. The Labute approximate surface area is 143 Å². The molecule has 1 aromatic heterocycles. The van der Waals surface area contributed by atoms with Gasteiger partial charge in [-0.15, -0.1) is 0 Å². The zero-order valence-corrected chi connectivity index (χ0v) is 15.4. The summed E-state index contributed by atoms with van der Waals surface area (Å²) in [6.07, 6.45) is 21.6. The van der Waals surface area contributed by atoms with Gasteiger partial charge in [-0.1, -0.05) is 58.8 Å². The first kappa shape index (κ1) is 18.4. The Balaban J connectivity index is 1.70. The van der Waals surface area contributed by atoms with E-state index in [0.29, 0.717) is 5.92 Å². The molecular weight excluding hydrogens is 280 g/mol. The maximum Gasteiger partial charge on any atom is 0.131 e. The molecule has 2 heteroatoms. The molecule has 0 aliphatic heterocycles. The minimum Gasteiger partial charge on any atom is -0.241 e. The van der Waals surface area contributed by atoms with Crippen LogP contribution in [0.25, 0.3) is 0 Å². The largest absolute Gasteiger partial charge is 0.241 e. The molecule has 23 heavy (non-hydrogen) atoms. The van der Waals surface area contributed by atoms with Crippen LogP contribution in [0.5, 0.6) is 0 Å². The summed E-state index contributed by atoms with van der Waals surface area (Å²) < 4.78 is 0. The van der Waals surface area contributed by atoms with Crippen LogP contribution in [0.15, 0.2) is 12.4 Å². The molecule has 1 saturated carbocycles. The molecule has 0 bridgehead atoms. The minimum atomic E-state index is 0.617. The van der Waals surface area contributed by atoms with Crippen LogP contribution < -0.4 is 0 Å². The van der Waals surface area contributed by atoms with Crippen molar-refractivity contribution < 1.29 is 0 Å². The number of unbranched alkanes of at least 4 members (excludes halogenated alkanes) is 5. The summed E-state index contributed by atoms with van der Waals surface area (Å²) in [5.41, 5.74) is 1.31. The van der Waals surface area contributed by atoms with Crippen molar-refractivity contribution in [2.75, 3.05) is 0 Å². The third-order valence-electron chi connectivity index (χ3n) is 5.47. The SMILES string of the molecule is CCCCCC[C@H]1CC[C@H](c2ncc(CCCCC)cn2)CC1. The Bertz CT molecular complexity index is 404. The first-order chi connectivity index (χ1) is 11.3. The molecule has 1 aromatic rings. The Morgan fingerprint density at radius 1 is 0.826 bits per heavy atom. The van der Waals surface area contributed by atoms with Crippen LogP contribution in [-0.4, -0.2) is 9.97 Å². The van der Waals surface area contributed by atoms with Crippen molar-refractivity contribution >= 4 is 0 Å². The summed E-state index contributed by atoms with van der Waals surface area (Å²) in [6, 6.07) is 0. The van der Waals surface area contributed by atoms with Gasteiger partial charge in [-0.05, 0) is 50.0 Å². The fourth-order valence-electron chi connectivity index (χ4n) is 3.85. The summed E-state index contributed by atoms with van der Waals surface area (Å²) in [4.78, 5) is 9.36. The molecule has 2 rings (SSSR count). The van der Waals surface area contributed by atoms with Gasteiger partial charge in [0.1, 0.15) is 5.82 Å². The lowest BCUT2D eigenvalue weighted by Gasteiger charge is -2.27. The summed E-state index contributed by atoms with van der Waals surface area (Å²) >= 11 is 0. The first-order valence-electron chi connectivity index (χ1n) is 10.1. The molecule has 0 unspecified atom stereocenters. The van der Waals surface area contributed by atoms with Gasteiger partial charge in [0.2, 0.25) is 0 Å². The highest BCUT2D eigenvalue weighted by Crippen LogP contribution is 2.36. The van der Waals surface area contributed by atoms with Crippen molar-refractivity contribution in [3.63, 3.8) is 0 Å². The quantitative estimate of drug-likeness (QED) is 0.463. The molecule has 1 aliphatic rings. The van der Waals surface area contributed by atoms with Crippen LogP contribution in [0.2, 0.25) is 0 Å². The molecule has 130 valence electrons. The predicted molar refractivity (Wildman–Crippen MR) is 98.7 cm³/mol. The Kier molecular flexibility index (Phi) is 8.63. The Morgan fingerprint density at radius 2 is 1.48 bits per heavy atom. The third kappa shape index (κ3) is 6.61. The molecule has 1 heterocycles. The van der Waals surface area contributed by atoms with E-state index in [4.69, 9.17) is 0 Å². The molecule has 2 nitrogen and oxygen atoms in total. The second-order valence-electron chi connectivity index (χ2n) is 7.47. The van der Waals surface area contributed by atoms with Crippen molar-refractivity contribution in [3.05, 3.63) is 23.8 Å². The number of nitrogens with zero attached hydrogens (tertiary/aromatic N) is 2. The van der Waals surface area contributed by atoms with Gasteiger partial charge in [0.15, 0.2) is 0 Å². The van der Waals surface area contributed by atoms with Crippen molar-refractivity contribution in [3.8, 4) is 0 Å². The lowest BCUT2D eigenvalue weighted by atomic mass is 9.79. The first-order valence-corrected chi connectivity index (χ1v) is 10.1. The van der Waals surface area contributed by atoms with Gasteiger partial charge in [0.25, 0.3) is 0 Å². The van der Waals surface area contributed by atoms with Gasteiger partial charge in [0.05, 0.1) is 0 Å². The van der Waals surface area contributed by atoms with Crippen molar-refractivity contribution in [2.24, 2.45) is 5.92 Å². The number of aromatic nitrogens is 2. The molecule has 0 radical (unpaired) electrons. The second-order valence-corrected chi connectivity index (χ2v) is 7.47. The average molecular weight is 317 g/mol. The van der Waals surface area contributed by atoms with Crippen LogP contribution in [0, 0.1) is 5.92 Å². The molecule has 1 fully saturated rings. The number of hydrogen-bond donors (Lipinski definition) is 0. The predicted octanol–water partition coefficient (Wildman–Crippen LogP) is 6.45. The lowest BCUT2D eigenvalue weighted by Crippen LogP contribution is -2.15. The summed E-state index contributed by atoms with van der Waals surface area (Å²) in [5.74, 6) is 2.69. The maximum absolute atomic E-state index is 4.68. The van der Waals surface area contributed by atoms with E-state index in [1.54, 1.807) is 0 Å². The minimum absolute atomic E-state index is 0.617. The number of hydrogen-bond acceptors (Lipinski definition) is 2. The third-order valence-corrected chi connectivity index (χ3v) is 5.47. The van der Waals surface area contributed by atoms with E-state index >= 15 is 0 Å². The van der Waals surface area contributed by atoms with Crippen LogP contribution in [0.3, 0.4) is 0 Å². The monoisotopic (exact) mass is 316 g/mol. The maximum atomic E-state index is 4.68. The van der Waals surface area contributed by atoms with E-state index in [1.165, 1.54) is 82.6 Å². The summed E-state index contributed by atoms with van der Waals surface area (Å²) in [6.45, 7) is 4.54. The van der Waals surface area contributed by atoms with Crippen molar-refractivity contribution in [2.45, 2.75) is 103 Å². The number of aryl methyl sites for hydroxylation is 1. The second kappa shape index (κ2) is 10.8. The lowest BCUT2D eigenvalue weighted by molar-refractivity contribution is 0.296. The van der Waals surface area contributed by atoms with E-state index < -0.39 is 0 Å². The average Bonchev–Trinajstić information content (AvgIpc) is 2.60. The molecule has 0 saturated heterocycles. The topological polar surface area (TPSA) is 25.8 Å². The molecule has 0 spiro atoms. The van der Waals surface area contributed by atoms with Crippen LogP contribution in [0.4, 0.5) is 0 Å². The van der Waals surface area contributed by atoms with Crippen LogP contribution in [-0.2, 0) is 6.42 Å². The molecule has 1 aliphatic carbocycles. The zero-order chi connectivity index (χ0) is 16.3. The normalized spacial score (nSPS) is 21.5. The van der Waals surface area contributed by atoms with Crippen LogP contribution in [0.1, 0.15) is 108 Å². The smallest absolute Gasteiger partial charge is 0.131 e. The molecule has 0 amide bonds. The van der Waals surface area contributed by atoms with Crippen molar-refractivity contribution in [1.29, 1.82) is 0 Å². The highest BCUT2D eigenvalue weighted by Gasteiger charge is 2.23. The van der Waals surface area contributed by atoms with E-state index in [2.05, 4.69) is 36.2 Å². The highest BCUT2D eigenvalue weighted by atomic mass is 14.9. The van der Waals surface area contributed by atoms with Gasteiger partial charge < -0.3 is 0 Å². The van der Waals surface area contributed by atoms with Gasteiger partial charge in [-0.2, -0.15) is 0 Å². The number of rotatable bonds is 10. The van der Waals surface area contributed by atoms with Crippen molar-refractivity contribution in [1.82, 2.24) is 9.97 Å². The fourth-order valence-corrected chi connectivity index (χ4v) is 3.85. The van der Waals surface area contributed by atoms with Crippen LogP contribution >= 0.6 is 0 Å². The summed E-state index contributed by atoms with van der Waals surface area (Å²) in [7, 11) is 0. The van der Waals surface area contributed by atoms with Gasteiger partial charge in [0, 0.05) is 18.3 Å². The van der Waals surface area contributed by atoms with Gasteiger partial charge >= 0.3 is 0 Å². The summed E-state index contributed by atoms with van der Waals surface area (Å²) in [5, 5.41) is 0. The van der Waals surface area contributed by atoms with E-state index in [9.17, 15) is 0 Å². The molecule has 0 aromatic carbocycles. The Hall–Kier alpha value is -0.920. The van der Waals surface area contributed by atoms with E-state index in [0.717, 1.165) is 18.2 Å². The molecule has 0 atom stereocenters. The zero-order valence-electron chi connectivity index (χ0n) is 15.4.